The number of thiocarbonyl (C=S) groups is 1. The summed E-state index contributed by atoms with van der Waals surface area (Å²) in [6.45, 7) is 0. The van der Waals surface area contributed by atoms with E-state index in [9.17, 15) is 4.79 Å². The lowest BCUT2D eigenvalue weighted by molar-refractivity contribution is 0.100. The van der Waals surface area contributed by atoms with Crippen molar-refractivity contribution >= 4 is 28.9 Å². The molecule has 1 aromatic carbocycles. The van der Waals surface area contributed by atoms with Crippen molar-refractivity contribution in [2.75, 3.05) is 5.32 Å². The van der Waals surface area contributed by atoms with Crippen molar-refractivity contribution in [1.29, 1.82) is 0 Å². The van der Waals surface area contributed by atoms with E-state index in [1.807, 2.05) is 0 Å². The molecule has 0 heterocycles. The van der Waals surface area contributed by atoms with Crippen LogP contribution < -0.4 is 22.3 Å². The maximum Gasteiger partial charge on any atom is 0.248 e. The first-order valence-corrected chi connectivity index (χ1v) is 4.22. The SMILES string of the molecule is NNC(=S)Nc1cccc(C(N)=O)c1. The van der Waals surface area contributed by atoms with Crippen LogP contribution in [0.1, 0.15) is 10.4 Å². The Kier molecular flexibility index (Phi) is 3.38. The largest absolute Gasteiger partial charge is 0.366 e. The Morgan fingerprint density at radius 1 is 1.43 bits per heavy atom. The van der Waals surface area contributed by atoms with E-state index in [-0.39, 0.29) is 5.11 Å². The molecule has 1 amide bonds. The maximum absolute atomic E-state index is 10.8. The van der Waals surface area contributed by atoms with Crippen LogP contribution in [-0.2, 0) is 0 Å². The van der Waals surface area contributed by atoms with Gasteiger partial charge in [0.2, 0.25) is 5.91 Å². The molecule has 0 saturated carbocycles. The Hall–Kier alpha value is -1.66. The first-order chi connectivity index (χ1) is 6.63. The zero-order chi connectivity index (χ0) is 10.6. The van der Waals surface area contributed by atoms with Crippen molar-refractivity contribution in [2.24, 2.45) is 11.6 Å². The van der Waals surface area contributed by atoms with E-state index in [0.29, 0.717) is 11.3 Å². The molecule has 0 bridgehead atoms. The smallest absolute Gasteiger partial charge is 0.248 e. The Morgan fingerprint density at radius 2 is 2.14 bits per heavy atom. The van der Waals surface area contributed by atoms with E-state index in [1.54, 1.807) is 24.3 Å². The van der Waals surface area contributed by atoms with Gasteiger partial charge < -0.3 is 16.5 Å². The van der Waals surface area contributed by atoms with E-state index in [2.05, 4.69) is 10.7 Å². The molecule has 0 fully saturated rings. The summed E-state index contributed by atoms with van der Waals surface area (Å²) in [5, 5.41) is 3.04. The molecular formula is C8H10N4OS. The molecule has 6 heteroatoms. The van der Waals surface area contributed by atoms with Crippen LogP contribution in [0.3, 0.4) is 0 Å². The Labute approximate surface area is 86.4 Å². The number of hydrogen-bond acceptors (Lipinski definition) is 3. The number of anilines is 1. The molecule has 1 aromatic rings. The Bertz CT molecular complexity index is 366. The van der Waals surface area contributed by atoms with Crippen LogP contribution in [-0.4, -0.2) is 11.0 Å². The van der Waals surface area contributed by atoms with Crippen LogP contribution in [0.15, 0.2) is 24.3 Å². The predicted molar refractivity (Wildman–Crippen MR) is 58.5 cm³/mol. The van der Waals surface area contributed by atoms with E-state index in [4.69, 9.17) is 23.8 Å². The van der Waals surface area contributed by atoms with Crippen LogP contribution in [0, 0.1) is 0 Å². The molecule has 6 N–H and O–H groups in total. The number of carbonyl (C=O) groups excluding carboxylic acids is 1. The highest BCUT2D eigenvalue weighted by molar-refractivity contribution is 7.80. The molecule has 0 unspecified atom stereocenters. The number of primary amides is 1. The molecule has 0 radical (unpaired) electrons. The van der Waals surface area contributed by atoms with Crippen LogP contribution in [0.25, 0.3) is 0 Å². The normalized spacial score (nSPS) is 9.21. The minimum absolute atomic E-state index is 0.270. The summed E-state index contributed by atoms with van der Waals surface area (Å²) in [5.41, 5.74) is 8.44. The predicted octanol–water partition coefficient (Wildman–Crippen LogP) is -0.0544. The Morgan fingerprint density at radius 3 is 2.71 bits per heavy atom. The van der Waals surface area contributed by atoms with Crippen LogP contribution >= 0.6 is 12.2 Å². The number of rotatable bonds is 2. The summed E-state index contributed by atoms with van der Waals surface area (Å²) in [5.74, 6) is 4.59. The van der Waals surface area contributed by atoms with E-state index in [1.165, 1.54) is 0 Å². The van der Waals surface area contributed by atoms with Gasteiger partial charge >= 0.3 is 0 Å². The number of hydrogen-bond donors (Lipinski definition) is 4. The fraction of sp³-hybridized carbons (Fsp3) is 0. The molecule has 5 nitrogen and oxygen atoms in total. The van der Waals surface area contributed by atoms with Gasteiger partial charge in [-0.2, -0.15) is 0 Å². The average Bonchev–Trinajstić information content (AvgIpc) is 2.18. The lowest BCUT2D eigenvalue weighted by Crippen LogP contribution is -2.34. The van der Waals surface area contributed by atoms with Crippen LogP contribution in [0.2, 0.25) is 0 Å². The second-order valence-corrected chi connectivity index (χ2v) is 2.95. The fourth-order valence-electron chi connectivity index (χ4n) is 0.917. The van der Waals surface area contributed by atoms with Crippen LogP contribution in [0.5, 0.6) is 0 Å². The molecule has 0 spiro atoms. The first kappa shape index (κ1) is 10.4. The quantitative estimate of drug-likeness (QED) is 0.312. The van der Waals surface area contributed by atoms with Crippen molar-refractivity contribution < 1.29 is 4.79 Å². The molecule has 74 valence electrons. The molecule has 0 aromatic heterocycles. The van der Waals surface area contributed by atoms with Gasteiger partial charge in [0.25, 0.3) is 0 Å². The van der Waals surface area contributed by atoms with E-state index >= 15 is 0 Å². The van der Waals surface area contributed by atoms with Gasteiger partial charge in [0, 0.05) is 11.3 Å². The third-order valence-electron chi connectivity index (χ3n) is 1.54. The standard InChI is InChI=1S/C8H10N4OS/c9-7(13)5-2-1-3-6(4-5)11-8(14)12-10/h1-4H,10H2,(H2,9,13)(H2,11,12,14). The van der Waals surface area contributed by atoms with Crippen molar-refractivity contribution in [1.82, 2.24) is 5.43 Å². The molecule has 0 atom stereocenters. The minimum atomic E-state index is -0.486. The van der Waals surface area contributed by atoms with Gasteiger partial charge in [-0.1, -0.05) is 6.07 Å². The monoisotopic (exact) mass is 210 g/mol. The third-order valence-corrected chi connectivity index (χ3v) is 1.76. The summed E-state index contributed by atoms with van der Waals surface area (Å²) in [6.07, 6.45) is 0. The molecule has 0 aliphatic rings. The molecule has 0 saturated heterocycles. The molecule has 0 aliphatic heterocycles. The lowest BCUT2D eigenvalue weighted by atomic mass is 10.2. The number of benzene rings is 1. The molecular weight excluding hydrogens is 200 g/mol. The third kappa shape index (κ3) is 2.68. The summed E-state index contributed by atoms with van der Waals surface area (Å²) >= 11 is 4.78. The Balaban J connectivity index is 2.83. The molecule has 0 aliphatic carbocycles. The van der Waals surface area contributed by atoms with E-state index in [0.717, 1.165) is 0 Å². The average molecular weight is 210 g/mol. The molecule has 14 heavy (non-hydrogen) atoms. The number of nitrogens with one attached hydrogen (secondary N) is 2. The summed E-state index contributed by atoms with van der Waals surface area (Å²) in [4.78, 5) is 10.8. The van der Waals surface area contributed by atoms with Gasteiger partial charge in [-0.05, 0) is 30.4 Å². The maximum atomic E-state index is 10.8. The second kappa shape index (κ2) is 4.54. The van der Waals surface area contributed by atoms with Gasteiger partial charge in [-0.25, -0.2) is 5.84 Å². The number of carbonyl (C=O) groups is 1. The van der Waals surface area contributed by atoms with Crippen LogP contribution in [0.4, 0.5) is 5.69 Å². The number of nitrogens with two attached hydrogens (primary N) is 2. The number of amides is 1. The summed E-state index contributed by atoms with van der Waals surface area (Å²) in [7, 11) is 0. The highest BCUT2D eigenvalue weighted by Gasteiger charge is 2.01. The highest BCUT2D eigenvalue weighted by atomic mass is 32.1. The molecule has 1 rings (SSSR count). The summed E-state index contributed by atoms with van der Waals surface area (Å²) in [6, 6.07) is 6.65. The fourth-order valence-corrected chi connectivity index (χ4v) is 1.04. The van der Waals surface area contributed by atoms with Gasteiger partial charge in [0.05, 0.1) is 0 Å². The summed E-state index contributed by atoms with van der Waals surface area (Å²) < 4.78 is 0. The zero-order valence-electron chi connectivity index (χ0n) is 7.28. The van der Waals surface area contributed by atoms with Gasteiger partial charge in [0.1, 0.15) is 0 Å². The highest BCUT2D eigenvalue weighted by Crippen LogP contribution is 2.09. The number of hydrazine groups is 1. The van der Waals surface area contributed by atoms with Gasteiger partial charge in [-0.3, -0.25) is 4.79 Å². The minimum Gasteiger partial charge on any atom is -0.366 e. The van der Waals surface area contributed by atoms with E-state index < -0.39 is 5.91 Å². The zero-order valence-corrected chi connectivity index (χ0v) is 8.10. The lowest BCUT2D eigenvalue weighted by Gasteiger charge is -2.06. The van der Waals surface area contributed by atoms with Crippen molar-refractivity contribution in [3.05, 3.63) is 29.8 Å². The second-order valence-electron chi connectivity index (χ2n) is 2.54. The van der Waals surface area contributed by atoms with Gasteiger partial charge in [0.15, 0.2) is 5.11 Å². The van der Waals surface area contributed by atoms with Crippen molar-refractivity contribution in [3.63, 3.8) is 0 Å². The van der Waals surface area contributed by atoms with Crippen molar-refractivity contribution in [2.45, 2.75) is 0 Å². The topological polar surface area (TPSA) is 93.2 Å². The van der Waals surface area contributed by atoms with Gasteiger partial charge in [-0.15, -0.1) is 0 Å². The first-order valence-electron chi connectivity index (χ1n) is 3.81. The van der Waals surface area contributed by atoms with Crippen molar-refractivity contribution in [3.8, 4) is 0 Å².